The minimum atomic E-state index is 0.121. The SMILES string of the molecule is CSC(C)C(=O)N1CCC2NCCC2C1. The van der Waals surface area contributed by atoms with Crippen LogP contribution in [0.2, 0.25) is 0 Å². The fourth-order valence-corrected chi connectivity index (χ4v) is 2.96. The van der Waals surface area contributed by atoms with Crippen molar-refractivity contribution in [3.63, 3.8) is 0 Å². The number of nitrogens with one attached hydrogen (secondary N) is 1. The maximum atomic E-state index is 12.0. The summed E-state index contributed by atoms with van der Waals surface area (Å²) in [6.07, 6.45) is 4.38. The maximum absolute atomic E-state index is 12.0. The average Bonchev–Trinajstić information content (AvgIpc) is 2.73. The summed E-state index contributed by atoms with van der Waals surface area (Å²) < 4.78 is 0. The van der Waals surface area contributed by atoms with Crippen LogP contribution < -0.4 is 5.32 Å². The summed E-state index contributed by atoms with van der Waals surface area (Å²) in [5, 5.41) is 3.64. The molecular formula is C11H20N2OS. The van der Waals surface area contributed by atoms with E-state index in [-0.39, 0.29) is 5.25 Å². The zero-order chi connectivity index (χ0) is 10.8. The number of likely N-dealkylation sites (tertiary alicyclic amines) is 1. The largest absolute Gasteiger partial charge is 0.341 e. The Morgan fingerprint density at radius 2 is 2.33 bits per heavy atom. The quantitative estimate of drug-likeness (QED) is 0.764. The van der Waals surface area contributed by atoms with Crippen LogP contribution in [0.3, 0.4) is 0 Å². The zero-order valence-corrected chi connectivity index (χ0v) is 10.3. The molecule has 2 heterocycles. The molecule has 0 aromatic carbocycles. The van der Waals surface area contributed by atoms with Gasteiger partial charge >= 0.3 is 0 Å². The molecule has 3 atom stereocenters. The molecular weight excluding hydrogens is 208 g/mol. The van der Waals surface area contributed by atoms with E-state index in [4.69, 9.17) is 0 Å². The zero-order valence-electron chi connectivity index (χ0n) is 9.53. The van der Waals surface area contributed by atoms with Gasteiger partial charge in [0, 0.05) is 19.1 Å². The Kier molecular flexibility index (Phi) is 3.57. The lowest BCUT2D eigenvalue weighted by Crippen LogP contribution is -2.48. The molecule has 0 saturated carbocycles. The van der Waals surface area contributed by atoms with Crippen LogP contribution in [-0.4, -0.2) is 48.0 Å². The van der Waals surface area contributed by atoms with E-state index in [1.54, 1.807) is 11.8 Å². The summed E-state index contributed by atoms with van der Waals surface area (Å²) in [6, 6.07) is 0.679. The number of carbonyl (C=O) groups excluding carboxylic acids is 1. The Balaban J connectivity index is 1.92. The Hall–Kier alpha value is -0.220. The summed E-state index contributed by atoms with van der Waals surface area (Å²) in [5.41, 5.74) is 0. The van der Waals surface area contributed by atoms with Crippen LogP contribution in [0, 0.1) is 5.92 Å². The molecule has 4 heteroatoms. The monoisotopic (exact) mass is 228 g/mol. The molecule has 3 unspecified atom stereocenters. The third kappa shape index (κ3) is 2.31. The number of hydrogen-bond donors (Lipinski definition) is 1. The minimum absolute atomic E-state index is 0.121. The van der Waals surface area contributed by atoms with Crippen molar-refractivity contribution in [3.8, 4) is 0 Å². The lowest BCUT2D eigenvalue weighted by atomic mass is 9.93. The molecule has 86 valence electrons. The summed E-state index contributed by atoms with van der Waals surface area (Å²) in [5.74, 6) is 1.03. The van der Waals surface area contributed by atoms with Crippen molar-refractivity contribution >= 4 is 17.7 Å². The first-order chi connectivity index (χ1) is 7.22. The molecule has 0 aromatic rings. The molecule has 2 rings (SSSR count). The van der Waals surface area contributed by atoms with Gasteiger partial charge in [-0.1, -0.05) is 0 Å². The molecule has 0 aromatic heterocycles. The number of fused-ring (bicyclic) bond motifs is 1. The third-order valence-electron chi connectivity index (χ3n) is 3.67. The van der Waals surface area contributed by atoms with Gasteiger partial charge in [-0.3, -0.25) is 4.79 Å². The van der Waals surface area contributed by atoms with Crippen LogP contribution >= 0.6 is 11.8 Å². The van der Waals surface area contributed by atoms with E-state index in [2.05, 4.69) is 10.2 Å². The Morgan fingerprint density at radius 3 is 3.07 bits per heavy atom. The second-order valence-corrected chi connectivity index (χ2v) is 5.74. The minimum Gasteiger partial charge on any atom is -0.341 e. The molecule has 2 fully saturated rings. The molecule has 2 saturated heterocycles. The van der Waals surface area contributed by atoms with Gasteiger partial charge in [-0.25, -0.2) is 0 Å². The van der Waals surface area contributed by atoms with E-state index in [9.17, 15) is 4.79 Å². The molecule has 2 aliphatic rings. The second kappa shape index (κ2) is 4.74. The third-order valence-corrected chi connectivity index (χ3v) is 4.58. The van der Waals surface area contributed by atoms with Gasteiger partial charge in [0.25, 0.3) is 0 Å². The van der Waals surface area contributed by atoms with Crippen LogP contribution in [0.5, 0.6) is 0 Å². The van der Waals surface area contributed by atoms with Gasteiger partial charge in [-0.2, -0.15) is 11.8 Å². The topological polar surface area (TPSA) is 32.3 Å². The number of piperidine rings is 1. The van der Waals surface area contributed by atoms with Crippen LogP contribution in [-0.2, 0) is 4.79 Å². The Morgan fingerprint density at radius 1 is 1.53 bits per heavy atom. The van der Waals surface area contributed by atoms with E-state index >= 15 is 0 Å². The number of carbonyl (C=O) groups is 1. The number of rotatable bonds is 2. The van der Waals surface area contributed by atoms with E-state index < -0.39 is 0 Å². The summed E-state index contributed by atoms with van der Waals surface area (Å²) in [7, 11) is 0. The first-order valence-corrected chi connectivity index (χ1v) is 7.06. The van der Waals surface area contributed by atoms with Gasteiger partial charge < -0.3 is 10.2 Å². The normalized spacial score (nSPS) is 32.5. The van der Waals surface area contributed by atoms with Gasteiger partial charge in [0.1, 0.15) is 0 Å². The van der Waals surface area contributed by atoms with Crippen molar-refractivity contribution in [2.45, 2.75) is 31.1 Å². The molecule has 15 heavy (non-hydrogen) atoms. The number of amides is 1. The second-order valence-electron chi connectivity index (χ2n) is 4.56. The molecule has 1 N–H and O–H groups in total. The Labute approximate surface area is 96.0 Å². The van der Waals surface area contributed by atoms with E-state index in [1.165, 1.54) is 6.42 Å². The molecule has 2 aliphatic heterocycles. The fraction of sp³-hybridized carbons (Fsp3) is 0.909. The predicted molar refractivity (Wildman–Crippen MR) is 64.1 cm³/mol. The highest BCUT2D eigenvalue weighted by Gasteiger charge is 2.35. The van der Waals surface area contributed by atoms with Crippen LogP contribution in [0.15, 0.2) is 0 Å². The van der Waals surface area contributed by atoms with Crippen molar-refractivity contribution in [1.82, 2.24) is 10.2 Å². The molecule has 3 nitrogen and oxygen atoms in total. The molecule has 0 spiro atoms. The van der Waals surface area contributed by atoms with Crippen LogP contribution in [0.4, 0.5) is 0 Å². The smallest absolute Gasteiger partial charge is 0.235 e. The highest BCUT2D eigenvalue weighted by molar-refractivity contribution is 7.99. The van der Waals surface area contributed by atoms with Crippen molar-refractivity contribution in [1.29, 1.82) is 0 Å². The molecule has 0 radical (unpaired) electrons. The van der Waals surface area contributed by atoms with E-state index in [0.29, 0.717) is 17.9 Å². The van der Waals surface area contributed by atoms with Crippen molar-refractivity contribution < 1.29 is 4.79 Å². The predicted octanol–water partition coefficient (Wildman–Crippen LogP) is 0.948. The molecule has 0 bridgehead atoms. The maximum Gasteiger partial charge on any atom is 0.235 e. The highest BCUT2D eigenvalue weighted by atomic mass is 32.2. The summed E-state index contributed by atoms with van der Waals surface area (Å²) in [6.45, 7) is 5.06. The van der Waals surface area contributed by atoms with E-state index in [0.717, 1.165) is 26.1 Å². The standard InChI is InChI=1S/C11H20N2OS/c1-8(15-2)11(14)13-6-4-10-9(7-13)3-5-12-10/h8-10,12H,3-7H2,1-2H3. The van der Waals surface area contributed by atoms with Gasteiger partial charge in [0.2, 0.25) is 5.91 Å². The first-order valence-electron chi connectivity index (χ1n) is 5.77. The number of nitrogens with zero attached hydrogens (tertiary/aromatic N) is 1. The van der Waals surface area contributed by atoms with Crippen LogP contribution in [0.1, 0.15) is 19.8 Å². The summed E-state index contributed by atoms with van der Waals surface area (Å²) >= 11 is 1.64. The number of thioether (sulfide) groups is 1. The van der Waals surface area contributed by atoms with Gasteiger partial charge in [-0.15, -0.1) is 0 Å². The van der Waals surface area contributed by atoms with Crippen molar-refractivity contribution in [3.05, 3.63) is 0 Å². The fourth-order valence-electron chi connectivity index (χ4n) is 2.61. The average molecular weight is 228 g/mol. The van der Waals surface area contributed by atoms with Gasteiger partial charge in [-0.05, 0) is 38.5 Å². The van der Waals surface area contributed by atoms with Gasteiger partial charge in [0.05, 0.1) is 5.25 Å². The highest BCUT2D eigenvalue weighted by Crippen LogP contribution is 2.25. The molecule has 0 aliphatic carbocycles. The number of hydrogen-bond acceptors (Lipinski definition) is 3. The van der Waals surface area contributed by atoms with Gasteiger partial charge in [0.15, 0.2) is 0 Å². The lowest BCUT2D eigenvalue weighted by molar-refractivity contribution is -0.132. The van der Waals surface area contributed by atoms with Crippen LogP contribution in [0.25, 0.3) is 0 Å². The first kappa shape index (κ1) is 11.3. The lowest BCUT2D eigenvalue weighted by Gasteiger charge is -2.36. The summed E-state index contributed by atoms with van der Waals surface area (Å²) in [4.78, 5) is 14.1. The van der Waals surface area contributed by atoms with Crippen molar-refractivity contribution in [2.75, 3.05) is 25.9 Å². The van der Waals surface area contributed by atoms with E-state index in [1.807, 2.05) is 13.2 Å². The van der Waals surface area contributed by atoms with Crippen molar-refractivity contribution in [2.24, 2.45) is 5.92 Å². The Bertz CT molecular complexity index is 247. The molecule has 1 amide bonds.